The van der Waals surface area contributed by atoms with Gasteiger partial charge in [-0.3, -0.25) is 19.0 Å². The number of aromatic nitrogens is 2. The lowest BCUT2D eigenvalue weighted by molar-refractivity contribution is -0.192. The largest absolute Gasteiger partial charge is 0.496 e. The number of thiophene rings is 1. The fourth-order valence-corrected chi connectivity index (χ4v) is 6.39. The van der Waals surface area contributed by atoms with Gasteiger partial charge in [-0.05, 0) is 35.4 Å². The van der Waals surface area contributed by atoms with Crippen molar-refractivity contribution in [3.05, 3.63) is 70.1 Å². The molecule has 2 aromatic carbocycles. The van der Waals surface area contributed by atoms with Gasteiger partial charge in [0.2, 0.25) is 5.91 Å². The second-order valence-electron chi connectivity index (χ2n) is 9.26. The third-order valence-corrected chi connectivity index (χ3v) is 9.03. The molecule has 1 amide bonds. The van der Waals surface area contributed by atoms with Crippen molar-refractivity contribution in [3.63, 3.8) is 0 Å². The molecule has 0 bridgehead atoms. The number of hydrogen-bond donors (Lipinski definition) is 4. The van der Waals surface area contributed by atoms with Crippen LogP contribution in [0.5, 0.6) is 5.75 Å². The second kappa shape index (κ2) is 15.3. The first-order valence-electron chi connectivity index (χ1n) is 12.9. The lowest BCUT2D eigenvalue weighted by atomic mass is 10.1. The molecule has 248 valence electrons. The van der Waals surface area contributed by atoms with Crippen LogP contribution in [0.15, 0.2) is 58.8 Å². The second-order valence-corrected chi connectivity index (χ2v) is 12.9. The quantitative estimate of drug-likeness (QED) is 0.167. The van der Waals surface area contributed by atoms with Crippen LogP contribution in [0.1, 0.15) is 17.5 Å². The van der Waals surface area contributed by atoms with Crippen LogP contribution in [0.25, 0.3) is 10.9 Å². The van der Waals surface area contributed by atoms with Gasteiger partial charge in [-0.2, -0.15) is 18.3 Å². The van der Waals surface area contributed by atoms with E-state index in [4.69, 9.17) is 32.0 Å². The molecular weight excluding hydrogens is 679 g/mol. The summed E-state index contributed by atoms with van der Waals surface area (Å²) in [6.07, 6.45) is -5.27. The number of carboxylic acids is 1. The van der Waals surface area contributed by atoms with E-state index in [1.807, 2.05) is 30.3 Å². The Morgan fingerprint density at radius 3 is 2.35 bits per heavy atom. The van der Waals surface area contributed by atoms with Gasteiger partial charge in [0.1, 0.15) is 16.0 Å². The van der Waals surface area contributed by atoms with Gasteiger partial charge in [0.05, 0.1) is 42.4 Å². The van der Waals surface area contributed by atoms with Gasteiger partial charge >= 0.3 is 18.1 Å². The number of carboxylic acid groups (broad SMARTS) is 1. The maximum atomic E-state index is 13.0. The molecule has 0 aliphatic carbocycles. The van der Waals surface area contributed by atoms with Crippen LogP contribution in [-0.4, -0.2) is 67.6 Å². The summed E-state index contributed by atoms with van der Waals surface area (Å²) in [5.41, 5.74) is 7.98. The predicted octanol–water partition coefficient (Wildman–Crippen LogP) is 3.75. The number of rotatable bonds is 11. The predicted molar refractivity (Wildman–Crippen MR) is 162 cm³/mol. The Morgan fingerprint density at radius 1 is 1.11 bits per heavy atom. The minimum Gasteiger partial charge on any atom is -0.496 e. The van der Waals surface area contributed by atoms with Crippen LogP contribution in [-0.2, 0) is 42.2 Å². The molecule has 19 heteroatoms. The number of alkyl halides is 3. The standard InChI is InChI=1S/C25H26ClN5O6S2.C2HF3O2/c1-36-19-8-4-7-18-23(19)24(30-39(34,35)22-10-9-20(26)38-22)29-31(18)14-16-6-3-5-15(11-16)13-28-21(32)12-17(27)25(33)37-2;3-2(4,5)1(6)7/h3-11,17H,12-14,27H2,1-2H3,(H,28,32)(H,29,30);(H,6,7). The van der Waals surface area contributed by atoms with Gasteiger partial charge in [0, 0.05) is 6.54 Å². The molecule has 2 aromatic heterocycles. The number of nitrogens with one attached hydrogen (secondary N) is 2. The lowest BCUT2D eigenvalue weighted by Gasteiger charge is -2.11. The first-order chi connectivity index (χ1) is 21.5. The average Bonchev–Trinajstić information content (AvgIpc) is 3.59. The number of anilines is 1. The zero-order valence-corrected chi connectivity index (χ0v) is 26.4. The molecule has 5 N–H and O–H groups in total. The Morgan fingerprint density at radius 2 is 1.76 bits per heavy atom. The molecule has 13 nitrogen and oxygen atoms in total. The highest BCUT2D eigenvalue weighted by molar-refractivity contribution is 7.94. The number of sulfonamides is 1. The number of hydrogen-bond acceptors (Lipinski definition) is 10. The molecule has 1 unspecified atom stereocenters. The van der Waals surface area contributed by atoms with Gasteiger partial charge in [0.25, 0.3) is 10.0 Å². The Hall–Kier alpha value is -4.39. The number of methoxy groups -OCH3 is 2. The van der Waals surface area contributed by atoms with E-state index in [2.05, 4.69) is 19.9 Å². The molecule has 0 aliphatic rings. The summed E-state index contributed by atoms with van der Waals surface area (Å²) in [7, 11) is -1.22. The molecule has 4 rings (SSSR count). The molecule has 1 atom stereocenters. The van der Waals surface area contributed by atoms with Crippen molar-refractivity contribution in [1.29, 1.82) is 0 Å². The molecular formula is C27H27ClF3N5O8S2. The van der Waals surface area contributed by atoms with Crippen LogP contribution < -0.4 is 20.5 Å². The minimum atomic E-state index is -5.08. The summed E-state index contributed by atoms with van der Waals surface area (Å²) in [5.74, 6) is -3.21. The summed E-state index contributed by atoms with van der Waals surface area (Å²) < 4.78 is 72.4. The summed E-state index contributed by atoms with van der Waals surface area (Å²) in [6, 6.07) is 14.7. The van der Waals surface area contributed by atoms with Crippen molar-refractivity contribution in [3.8, 4) is 5.75 Å². The van der Waals surface area contributed by atoms with Crippen LogP contribution in [0.2, 0.25) is 4.34 Å². The van der Waals surface area contributed by atoms with Crippen LogP contribution in [0.4, 0.5) is 19.0 Å². The number of halogens is 4. The Balaban J connectivity index is 0.000000738. The van der Waals surface area contributed by atoms with Crippen LogP contribution >= 0.6 is 22.9 Å². The highest BCUT2D eigenvalue weighted by Crippen LogP contribution is 2.35. The van der Waals surface area contributed by atoms with E-state index >= 15 is 0 Å². The lowest BCUT2D eigenvalue weighted by Crippen LogP contribution is -2.37. The van der Waals surface area contributed by atoms with E-state index in [-0.39, 0.29) is 28.9 Å². The molecule has 0 saturated heterocycles. The normalized spacial score (nSPS) is 12.1. The van der Waals surface area contributed by atoms with Crippen LogP contribution in [0.3, 0.4) is 0 Å². The van der Waals surface area contributed by atoms with E-state index in [1.165, 1.54) is 26.4 Å². The van der Waals surface area contributed by atoms with Gasteiger partial charge in [-0.1, -0.05) is 41.9 Å². The summed E-state index contributed by atoms with van der Waals surface area (Å²) in [6.45, 7) is 0.536. The van der Waals surface area contributed by atoms with E-state index < -0.39 is 34.2 Å². The third kappa shape index (κ3) is 9.56. The van der Waals surface area contributed by atoms with Crippen LogP contribution in [0, 0.1) is 0 Å². The smallest absolute Gasteiger partial charge is 0.490 e. The highest BCUT2D eigenvalue weighted by Gasteiger charge is 2.38. The number of carbonyl (C=O) groups excluding carboxylic acids is 2. The average molecular weight is 706 g/mol. The number of nitrogens with zero attached hydrogens (tertiary/aromatic N) is 2. The molecule has 0 radical (unpaired) electrons. The molecule has 46 heavy (non-hydrogen) atoms. The van der Waals surface area contributed by atoms with E-state index in [0.717, 1.165) is 22.5 Å². The Bertz CT molecular complexity index is 1830. The minimum absolute atomic E-state index is 0.0624. The topological polar surface area (TPSA) is 192 Å². The fourth-order valence-electron chi connectivity index (χ4n) is 3.90. The van der Waals surface area contributed by atoms with Crippen molar-refractivity contribution >= 4 is 67.5 Å². The summed E-state index contributed by atoms with van der Waals surface area (Å²) in [4.78, 5) is 32.5. The van der Waals surface area contributed by atoms with Gasteiger partial charge in [0.15, 0.2) is 5.82 Å². The maximum absolute atomic E-state index is 13.0. The number of nitrogens with two attached hydrogens (primary N) is 1. The van der Waals surface area contributed by atoms with Crippen molar-refractivity contribution in [2.24, 2.45) is 5.73 Å². The van der Waals surface area contributed by atoms with E-state index in [9.17, 15) is 31.2 Å². The molecule has 4 aromatic rings. The van der Waals surface area contributed by atoms with Gasteiger partial charge < -0.3 is 25.6 Å². The monoisotopic (exact) mass is 705 g/mol. The van der Waals surface area contributed by atoms with Crippen molar-refractivity contribution in [1.82, 2.24) is 15.1 Å². The molecule has 0 aliphatic heterocycles. The van der Waals surface area contributed by atoms with Crippen molar-refractivity contribution in [2.75, 3.05) is 18.9 Å². The first-order valence-corrected chi connectivity index (χ1v) is 15.5. The van der Waals surface area contributed by atoms with Gasteiger partial charge in [-0.25, -0.2) is 13.2 Å². The number of fused-ring (bicyclic) bond motifs is 1. The zero-order valence-electron chi connectivity index (χ0n) is 24.0. The molecule has 0 fully saturated rings. The number of amides is 1. The van der Waals surface area contributed by atoms with Crippen molar-refractivity contribution in [2.45, 2.75) is 35.9 Å². The third-order valence-electron chi connectivity index (χ3n) is 5.97. The maximum Gasteiger partial charge on any atom is 0.490 e. The number of carbonyl (C=O) groups is 3. The number of esters is 1. The molecule has 0 saturated carbocycles. The fraction of sp³-hybridized carbons (Fsp3) is 0.259. The Kier molecular flexibility index (Phi) is 12.0. The van der Waals surface area contributed by atoms with E-state index in [0.29, 0.717) is 27.5 Å². The molecule has 2 heterocycles. The highest BCUT2D eigenvalue weighted by atomic mass is 35.5. The number of ether oxygens (including phenoxy) is 2. The van der Waals surface area contributed by atoms with E-state index in [1.54, 1.807) is 16.8 Å². The number of benzene rings is 2. The van der Waals surface area contributed by atoms with Gasteiger partial charge in [-0.15, -0.1) is 11.3 Å². The Labute approximate surface area is 269 Å². The molecule has 0 spiro atoms. The number of aliphatic carboxylic acids is 1. The summed E-state index contributed by atoms with van der Waals surface area (Å²) >= 11 is 6.88. The SMILES string of the molecule is COC(=O)C(N)CC(=O)NCc1cccc(Cn2nc(NS(=O)(=O)c3ccc(Cl)s3)c3c(OC)cccc32)c1.O=C(O)C(F)(F)F. The first kappa shape index (κ1) is 36.1. The zero-order chi connectivity index (χ0) is 34.2. The van der Waals surface area contributed by atoms with Crippen molar-refractivity contribution < 1.29 is 50.6 Å². The summed E-state index contributed by atoms with van der Waals surface area (Å²) in [5, 5.41) is 14.9.